The van der Waals surface area contributed by atoms with Crippen molar-refractivity contribution in [1.29, 1.82) is 0 Å². The number of carboxylic acids is 1. The highest BCUT2D eigenvalue weighted by Crippen LogP contribution is 2.00. The highest BCUT2D eigenvalue weighted by molar-refractivity contribution is 5.78. The molecule has 0 aromatic rings. The minimum Gasteiger partial charge on any atom is -0.481 e. The number of rotatable bonds is 8. The zero-order valence-electron chi connectivity index (χ0n) is 11.2. The molecule has 1 atom stereocenters. The van der Waals surface area contributed by atoms with Crippen LogP contribution in [0.1, 0.15) is 40.5 Å². The first-order valence-electron chi connectivity index (χ1n) is 6.12. The molecule has 0 aliphatic carbocycles. The topological polar surface area (TPSA) is 69.6 Å². The second-order valence-electron chi connectivity index (χ2n) is 4.58. The summed E-state index contributed by atoms with van der Waals surface area (Å²) in [7, 11) is 0. The third kappa shape index (κ3) is 7.74. The van der Waals surface area contributed by atoms with E-state index in [1.807, 2.05) is 32.6 Å². The molecule has 5 nitrogen and oxygen atoms in total. The van der Waals surface area contributed by atoms with Crippen molar-refractivity contribution in [3.8, 4) is 0 Å². The quantitative estimate of drug-likeness (QED) is 0.670. The molecule has 0 heterocycles. The Bertz CT molecular complexity index is 254. The first-order valence-corrected chi connectivity index (χ1v) is 6.12. The van der Waals surface area contributed by atoms with Gasteiger partial charge in [-0.2, -0.15) is 0 Å². The fourth-order valence-corrected chi connectivity index (χ4v) is 1.37. The molecule has 1 unspecified atom stereocenters. The molecule has 0 aromatic heterocycles. The van der Waals surface area contributed by atoms with Crippen molar-refractivity contribution in [1.82, 2.24) is 10.2 Å². The SMILES string of the molecule is CCC(C)NC(=O)CN(CCC(=O)O)C(C)C. The van der Waals surface area contributed by atoms with Gasteiger partial charge in [-0.15, -0.1) is 0 Å². The van der Waals surface area contributed by atoms with Crippen LogP contribution in [0.4, 0.5) is 0 Å². The van der Waals surface area contributed by atoms with E-state index in [1.165, 1.54) is 0 Å². The second-order valence-corrected chi connectivity index (χ2v) is 4.58. The van der Waals surface area contributed by atoms with E-state index in [4.69, 9.17) is 5.11 Å². The molecule has 0 fully saturated rings. The number of hydrogen-bond acceptors (Lipinski definition) is 3. The van der Waals surface area contributed by atoms with Crippen molar-refractivity contribution in [3.05, 3.63) is 0 Å². The molecular weight excluding hydrogens is 220 g/mol. The Hall–Kier alpha value is -1.10. The summed E-state index contributed by atoms with van der Waals surface area (Å²) >= 11 is 0. The highest BCUT2D eigenvalue weighted by atomic mass is 16.4. The summed E-state index contributed by atoms with van der Waals surface area (Å²) in [6, 6.07) is 0.327. The fraction of sp³-hybridized carbons (Fsp3) is 0.833. The predicted molar refractivity (Wildman–Crippen MR) is 66.9 cm³/mol. The third-order valence-corrected chi connectivity index (χ3v) is 2.71. The van der Waals surface area contributed by atoms with Crippen LogP contribution < -0.4 is 5.32 Å². The lowest BCUT2D eigenvalue weighted by Crippen LogP contribution is -2.44. The van der Waals surface area contributed by atoms with E-state index >= 15 is 0 Å². The number of carbonyl (C=O) groups excluding carboxylic acids is 1. The van der Waals surface area contributed by atoms with Crippen LogP contribution in [-0.2, 0) is 9.59 Å². The molecule has 0 aromatic carbocycles. The summed E-state index contributed by atoms with van der Waals surface area (Å²) in [6.45, 7) is 8.54. The van der Waals surface area contributed by atoms with Crippen LogP contribution in [0, 0.1) is 0 Å². The van der Waals surface area contributed by atoms with Gasteiger partial charge in [0, 0.05) is 18.6 Å². The van der Waals surface area contributed by atoms with Crippen molar-refractivity contribution in [2.45, 2.75) is 52.6 Å². The van der Waals surface area contributed by atoms with E-state index in [0.717, 1.165) is 6.42 Å². The number of nitrogens with zero attached hydrogens (tertiary/aromatic N) is 1. The molecule has 17 heavy (non-hydrogen) atoms. The summed E-state index contributed by atoms with van der Waals surface area (Å²) in [5, 5.41) is 11.5. The van der Waals surface area contributed by atoms with E-state index in [2.05, 4.69) is 5.32 Å². The van der Waals surface area contributed by atoms with Gasteiger partial charge in [0.05, 0.1) is 13.0 Å². The van der Waals surface area contributed by atoms with Gasteiger partial charge in [0.25, 0.3) is 0 Å². The zero-order valence-corrected chi connectivity index (χ0v) is 11.2. The number of carbonyl (C=O) groups is 2. The van der Waals surface area contributed by atoms with Crippen LogP contribution in [0.15, 0.2) is 0 Å². The smallest absolute Gasteiger partial charge is 0.304 e. The average molecular weight is 244 g/mol. The first-order chi connectivity index (χ1) is 7.86. The molecule has 0 saturated heterocycles. The summed E-state index contributed by atoms with van der Waals surface area (Å²) in [5.41, 5.74) is 0. The molecular formula is C12H24N2O3. The lowest BCUT2D eigenvalue weighted by molar-refractivity contribution is -0.138. The molecule has 1 amide bonds. The van der Waals surface area contributed by atoms with Crippen LogP contribution in [-0.4, -0.2) is 47.1 Å². The molecule has 0 saturated carbocycles. The van der Waals surface area contributed by atoms with E-state index in [9.17, 15) is 9.59 Å². The molecule has 0 radical (unpaired) electrons. The van der Waals surface area contributed by atoms with E-state index in [1.54, 1.807) is 0 Å². The van der Waals surface area contributed by atoms with Crippen LogP contribution in [0.3, 0.4) is 0 Å². The highest BCUT2D eigenvalue weighted by Gasteiger charge is 2.15. The average Bonchev–Trinajstić information content (AvgIpc) is 2.23. The Kier molecular flexibility index (Phi) is 7.54. The third-order valence-electron chi connectivity index (χ3n) is 2.71. The number of hydrogen-bond donors (Lipinski definition) is 2. The maximum atomic E-state index is 11.7. The molecule has 0 aliphatic heterocycles. The van der Waals surface area contributed by atoms with Crippen molar-refractivity contribution < 1.29 is 14.7 Å². The van der Waals surface area contributed by atoms with Crippen molar-refractivity contribution in [2.24, 2.45) is 0 Å². The van der Waals surface area contributed by atoms with E-state index in [0.29, 0.717) is 6.54 Å². The summed E-state index contributed by atoms with van der Waals surface area (Å²) in [4.78, 5) is 24.0. The number of carboxylic acid groups (broad SMARTS) is 1. The predicted octanol–water partition coefficient (Wildman–Crippen LogP) is 1.09. The first kappa shape index (κ1) is 15.9. The maximum Gasteiger partial charge on any atom is 0.304 e. The molecule has 0 spiro atoms. The molecule has 0 aliphatic rings. The van der Waals surface area contributed by atoms with Gasteiger partial charge in [-0.1, -0.05) is 6.92 Å². The Balaban J connectivity index is 4.15. The van der Waals surface area contributed by atoms with E-state index in [-0.39, 0.29) is 31.0 Å². The van der Waals surface area contributed by atoms with Gasteiger partial charge in [0.15, 0.2) is 0 Å². The van der Waals surface area contributed by atoms with Gasteiger partial charge in [-0.25, -0.2) is 0 Å². The van der Waals surface area contributed by atoms with Gasteiger partial charge in [0.1, 0.15) is 0 Å². The van der Waals surface area contributed by atoms with Crippen molar-refractivity contribution in [2.75, 3.05) is 13.1 Å². The van der Waals surface area contributed by atoms with Gasteiger partial charge < -0.3 is 10.4 Å². The molecule has 100 valence electrons. The summed E-state index contributed by atoms with van der Waals surface area (Å²) < 4.78 is 0. The van der Waals surface area contributed by atoms with Crippen molar-refractivity contribution >= 4 is 11.9 Å². The van der Waals surface area contributed by atoms with Crippen LogP contribution in [0.2, 0.25) is 0 Å². The minimum absolute atomic E-state index is 0.0431. The van der Waals surface area contributed by atoms with Gasteiger partial charge in [-0.3, -0.25) is 14.5 Å². The Morgan fingerprint density at radius 3 is 2.29 bits per heavy atom. The standard InChI is InChI=1S/C12H24N2O3/c1-5-10(4)13-11(15)8-14(9(2)3)7-6-12(16)17/h9-10H,5-8H2,1-4H3,(H,13,15)(H,16,17). The largest absolute Gasteiger partial charge is 0.481 e. The fourth-order valence-electron chi connectivity index (χ4n) is 1.37. The van der Waals surface area contributed by atoms with Crippen LogP contribution in [0.5, 0.6) is 0 Å². The Morgan fingerprint density at radius 1 is 1.29 bits per heavy atom. The molecule has 2 N–H and O–H groups in total. The van der Waals surface area contributed by atoms with Gasteiger partial charge in [0.2, 0.25) is 5.91 Å². The lowest BCUT2D eigenvalue weighted by Gasteiger charge is -2.25. The van der Waals surface area contributed by atoms with Crippen LogP contribution in [0.25, 0.3) is 0 Å². The second kappa shape index (κ2) is 8.06. The number of amides is 1. The normalized spacial score (nSPS) is 12.8. The number of aliphatic carboxylic acids is 1. The van der Waals surface area contributed by atoms with Crippen molar-refractivity contribution in [3.63, 3.8) is 0 Å². The van der Waals surface area contributed by atoms with Gasteiger partial charge in [-0.05, 0) is 27.2 Å². The maximum absolute atomic E-state index is 11.7. The number of nitrogens with one attached hydrogen (secondary N) is 1. The summed E-state index contributed by atoms with van der Waals surface area (Å²) in [5.74, 6) is -0.878. The minimum atomic E-state index is -0.835. The summed E-state index contributed by atoms with van der Waals surface area (Å²) in [6.07, 6.45) is 0.956. The Morgan fingerprint density at radius 2 is 1.88 bits per heavy atom. The Labute approximate surface area is 103 Å². The van der Waals surface area contributed by atoms with Crippen LogP contribution >= 0.6 is 0 Å². The lowest BCUT2D eigenvalue weighted by atomic mass is 10.2. The molecule has 0 bridgehead atoms. The van der Waals surface area contributed by atoms with E-state index < -0.39 is 5.97 Å². The monoisotopic (exact) mass is 244 g/mol. The van der Waals surface area contributed by atoms with Gasteiger partial charge >= 0.3 is 5.97 Å². The molecule has 5 heteroatoms. The molecule has 0 rings (SSSR count). The zero-order chi connectivity index (χ0) is 13.4.